The van der Waals surface area contributed by atoms with E-state index in [1.165, 1.54) is 16.7 Å². The van der Waals surface area contributed by atoms with Gasteiger partial charge in [-0.15, -0.1) is 0 Å². The molecule has 0 aliphatic rings. The topological polar surface area (TPSA) is 54.2 Å². The highest BCUT2D eigenvalue weighted by molar-refractivity contribution is 5.79. The molecule has 0 amide bonds. The van der Waals surface area contributed by atoms with Gasteiger partial charge in [-0.3, -0.25) is 9.67 Å². The van der Waals surface area contributed by atoms with Crippen LogP contribution in [0, 0.1) is 0 Å². The van der Waals surface area contributed by atoms with Crippen molar-refractivity contribution >= 4 is 5.96 Å². The molecule has 5 nitrogen and oxygen atoms in total. The summed E-state index contributed by atoms with van der Waals surface area (Å²) < 4.78 is 1.85. The molecule has 0 bridgehead atoms. The molecule has 2 rings (SSSR count). The largest absolute Gasteiger partial charge is 0.356 e. The Morgan fingerprint density at radius 2 is 1.65 bits per heavy atom. The lowest BCUT2D eigenvalue weighted by Crippen LogP contribution is -2.38. The van der Waals surface area contributed by atoms with Crippen molar-refractivity contribution in [2.24, 2.45) is 12.0 Å². The second-order valence-corrected chi connectivity index (χ2v) is 7.05. The van der Waals surface area contributed by atoms with Gasteiger partial charge in [-0.1, -0.05) is 38.1 Å². The van der Waals surface area contributed by atoms with E-state index in [-0.39, 0.29) is 0 Å². The maximum atomic E-state index is 4.29. The summed E-state index contributed by atoms with van der Waals surface area (Å²) in [5.74, 6) is 1.48. The van der Waals surface area contributed by atoms with Crippen molar-refractivity contribution in [2.45, 2.75) is 45.4 Å². The van der Waals surface area contributed by atoms with Crippen molar-refractivity contribution in [1.29, 1.82) is 0 Å². The number of hydrogen-bond acceptors (Lipinski definition) is 2. The van der Waals surface area contributed by atoms with Gasteiger partial charge in [0.05, 0.1) is 6.20 Å². The lowest BCUT2D eigenvalue weighted by atomic mass is 10.0. The van der Waals surface area contributed by atoms with Crippen molar-refractivity contribution < 1.29 is 0 Å². The minimum absolute atomic E-state index is 0.596. The highest BCUT2D eigenvalue weighted by atomic mass is 15.2. The van der Waals surface area contributed by atoms with Crippen LogP contribution in [0.15, 0.2) is 41.7 Å². The van der Waals surface area contributed by atoms with Gasteiger partial charge in [0, 0.05) is 33.4 Å². The summed E-state index contributed by atoms with van der Waals surface area (Å²) in [6.07, 6.45) is 8.28. The first-order chi connectivity index (χ1) is 12.6. The van der Waals surface area contributed by atoms with E-state index in [0.717, 1.165) is 44.7 Å². The summed E-state index contributed by atoms with van der Waals surface area (Å²) in [4.78, 5) is 4.29. The number of aryl methyl sites for hydroxylation is 3. The lowest BCUT2D eigenvalue weighted by Gasteiger charge is -2.12. The van der Waals surface area contributed by atoms with Crippen molar-refractivity contribution in [3.8, 4) is 0 Å². The normalized spacial score (nSPS) is 11.8. The highest BCUT2D eigenvalue weighted by Gasteiger charge is 2.01. The van der Waals surface area contributed by atoms with Crippen LogP contribution in [-0.4, -0.2) is 35.9 Å². The third-order valence-corrected chi connectivity index (χ3v) is 4.50. The van der Waals surface area contributed by atoms with Crippen LogP contribution in [0.5, 0.6) is 0 Å². The molecule has 2 N–H and O–H groups in total. The number of guanidine groups is 1. The van der Waals surface area contributed by atoms with Gasteiger partial charge in [0.15, 0.2) is 5.96 Å². The van der Waals surface area contributed by atoms with Crippen molar-refractivity contribution in [2.75, 3.05) is 20.1 Å². The summed E-state index contributed by atoms with van der Waals surface area (Å²) in [5.41, 5.74) is 4.08. The zero-order valence-corrected chi connectivity index (χ0v) is 16.6. The zero-order chi connectivity index (χ0) is 18.8. The molecule has 0 unspecified atom stereocenters. The van der Waals surface area contributed by atoms with Crippen LogP contribution in [0.25, 0.3) is 0 Å². The van der Waals surface area contributed by atoms with Crippen molar-refractivity contribution in [3.05, 3.63) is 53.3 Å². The minimum Gasteiger partial charge on any atom is -0.356 e. The summed E-state index contributed by atoms with van der Waals surface area (Å²) in [6, 6.07) is 8.99. The van der Waals surface area contributed by atoms with Gasteiger partial charge in [0.2, 0.25) is 0 Å². The Bertz CT molecular complexity index is 670. The van der Waals surface area contributed by atoms with E-state index in [2.05, 4.69) is 65.0 Å². The van der Waals surface area contributed by atoms with E-state index in [9.17, 15) is 0 Å². The summed E-state index contributed by atoms with van der Waals surface area (Å²) in [6.45, 7) is 6.29. The lowest BCUT2D eigenvalue weighted by molar-refractivity contribution is 0.717. The first-order valence-electron chi connectivity index (χ1n) is 9.59. The Kier molecular flexibility index (Phi) is 8.19. The molecule has 0 aliphatic heterocycles. The molecule has 5 heteroatoms. The monoisotopic (exact) mass is 355 g/mol. The molecule has 0 spiro atoms. The SMILES string of the molecule is CN=C(NCCCc1ccc(C(C)C)cc1)NCCCc1cnn(C)c1. The standard InChI is InChI=1S/C21H33N5/c1-17(2)20-11-9-18(10-12-20)7-5-13-23-21(22-3)24-14-6-8-19-15-25-26(4)16-19/h9-12,15-17H,5-8,13-14H2,1-4H3,(H2,22,23,24). The van der Waals surface area contributed by atoms with Gasteiger partial charge in [-0.25, -0.2) is 0 Å². The van der Waals surface area contributed by atoms with E-state index in [0.29, 0.717) is 5.92 Å². The van der Waals surface area contributed by atoms with Crippen LogP contribution in [0.3, 0.4) is 0 Å². The molecule has 2 aromatic rings. The van der Waals surface area contributed by atoms with Crippen molar-refractivity contribution in [3.63, 3.8) is 0 Å². The van der Waals surface area contributed by atoms with Crippen LogP contribution < -0.4 is 10.6 Å². The van der Waals surface area contributed by atoms with Crippen LogP contribution >= 0.6 is 0 Å². The molecule has 1 aromatic carbocycles. The second kappa shape index (κ2) is 10.6. The predicted molar refractivity (Wildman–Crippen MR) is 110 cm³/mol. The summed E-state index contributed by atoms with van der Waals surface area (Å²) >= 11 is 0. The average molecular weight is 356 g/mol. The molecule has 0 atom stereocenters. The Morgan fingerprint density at radius 1 is 1.04 bits per heavy atom. The Morgan fingerprint density at radius 3 is 2.15 bits per heavy atom. The maximum absolute atomic E-state index is 4.29. The molecule has 142 valence electrons. The maximum Gasteiger partial charge on any atom is 0.190 e. The molecule has 1 heterocycles. The van der Waals surface area contributed by atoms with Gasteiger partial charge in [0.1, 0.15) is 0 Å². The van der Waals surface area contributed by atoms with E-state index in [1.54, 1.807) is 0 Å². The van der Waals surface area contributed by atoms with E-state index >= 15 is 0 Å². The van der Waals surface area contributed by atoms with E-state index in [1.807, 2.05) is 25.0 Å². The molecule has 1 aromatic heterocycles. The number of benzene rings is 1. The fraction of sp³-hybridized carbons (Fsp3) is 0.524. The second-order valence-electron chi connectivity index (χ2n) is 7.05. The number of nitrogens with zero attached hydrogens (tertiary/aromatic N) is 3. The van der Waals surface area contributed by atoms with Gasteiger partial charge < -0.3 is 10.6 Å². The van der Waals surface area contributed by atoms with E-state index in [4.69, 9.17) is 0 Å². The fourth-order valence-corrected chi connectivity index (χ4v) is 2.89. The first kappa shape index (κ1) is 20.0. The molecule has 0 radical (unpaired) electrons. The number of aliphatic imine (C=N–C) groups is 1. The van der Waals surface area contributed by atoms with Gasteiger partial charge >= 0.3 is 0 Å². The minimum atomic E-state index is 0.596. The summed E-state index contributed by atoms with van der Waals surface area (Å²) in [5, 5.41) is 11.0. The summed E-state index contributed by atoms with van der Waals surface area (Å²) in [7, 11) is 3.77. The molecular weight excluding hydrogens is 322 g/mol. The van der Waals surface area contributed by atoms with E-state index < -0.39 is 0 Å². The number of aromatic nitrogens is 2. The number of rotatable bonds is 9. The molecule has 0 saturated heterocycles. The Balaban J connectivity index is 1.59. The van der Waals surface area contributed by atoms with Crippen LogP contribution in [0.2, 0.25) is 0 Å². The molecule has 0 aliphatic carbocycles. The fourth-order valence-electron chi connectivity index (χ4n) is 2.89. The van der Waals surface area contributed by atoms with Crippen LogP contribution in [0.1, 0.15) is 49.3 Å². The Hall–Kier alpha value is -2.30. The number of hydrogen-bond donors (Lipinski definition) is 2. The third-order valence-electron chi connectivity index (χ3n) is 4.50. The third kappa shape index (κ3) is 6.90. The first-order valence-corrected chi connectivity index (χ1v) is 9.59. The highest BCUT2D eigenvalue weighted by Crippen LogP contribution is 2.15. The smallest absolute Gasteiger partial charge is 0.190 e. The zero-order valence-electron chi connectivity index (χ0n) is 16.6. The quantitative estimate of drug-likeness (QED) is 0.412. The molecule has 26 heavy (non-hydrogen) atoms. The predicted octanol–water partition coefficient (Wildman–Crippen LogP) is 3.27. The van der Waals surface area contributed by atoms with Gasteiger partial charge in [-0.2, -0.15) is 5.10 Å². The molecule has 0 saturated carbocycles. The molecule has 0 fully saturated rings. The van der Waals surface area contributed by atoms with Gasteiger partial charge in [0.25, 0.3) is 0 Å². The van der Waals surface area contributed by atoms with Crippen molar-refractivity contribution in [1.82, 2.24) is 20.4 Å². The Labute approximate surface area is 157 Å². The van der Waals surface area contributed by atoms with Crippen LogP contribution in [0.4, 0.5) is 0 Å². The number of nitrogens with one attached hydrogen (secondary N) is 2. The molecular formula is C21H33N5. The average Bonchev–Trinajstić information content (AvgIpc) is 3.06. The van der Waals surface area contributed by atoms with Crippen LogP contribution in [-0.2, 0) is 19.9 Å². The van der Waals surface area contributed by atoms with Gasteiger partial charge in [-0.05, 0) is 48.3 Å².